The summed E-state index contributed by atoms with van der Waals surface area (Å²) in [6.07, 6.45) is 3.63. The second kappa shape index (κ2) is 8.31. The van der Waals surface area contributed by atoms with Crippen LogP contribution in [0.4, 0.5) is 11.5 Å². The van der Waals surface area contributed by atoms with E-state index in [0.717, 1.165) is 33.4 Å². The molecule has 1 fully saturated rings. The van der Waals surface area contributed by atoms with Crippen LogP contribution in [0, 0.1) is 6.92 Å². The van der Waals surface area contributed by atoms with Crippen LogP contribution in [0.5, 0.6) is 0 Å². The molecule has 34 heavy (non-hydrogen) atoms. The average Bonchev–Trinajstić information content (AvgIpc) is 3.47. The number of anilines is 2. The van der Waals surface area contributed by atoms with Crippen LogP contribution in [0.1, 0.15) is 16.1 Å². The molecule has 0 spiro atoms. The van der Waals surface area contributed by atoms with Crippen LogP contribution < -0.4 is 5.32 Å². The standard InChI is InChI=1S/C26H23N5O3/c1-17-13-24-27-15-22(26(32)30-9-11-33-12-10-30)31(24)16-21(17)18-7-8-20-23(14-18)34-29-25(20)28-19-5-3-2-4-6-19/h2-8,13-16H,9-12H2,1H3,(H,28,29). The van der Waals surface area contributed by atoms with Crippen LogP contribution in [0.3, 0.4) is 0 Å². The summed E-state index contributed by atoms with van der Waals surface area (Å²) < 4.78 is 12.9. The third kappa shape index (κ3) is 3.58. The average molecular weight is 454 g/mol. The molecule has 0 saturated carbocycles. The number of ether oxygens (including phenoxy) is 1. The van der Waals surface area contributed by atoms with Gasteiger partial charge >= 0.3 is 0 Å². The fraction of sp³-hybridized carbons (Fsp3) is 0.192. The van der Waals surface area contributed by atoms with Crippen LogP contribution >= 0.6 is 0 Å². The predicted octanol–water partition coefficient (Wildman–Crippen LogP) is 4.67. The maximum atomic E-state index is 13.1. The number of carbonyl (C=O) groups is 1. The largest absolute Gasteiger partial charge is 0.378 e. The number of aromatic nitrogens is 3. The molecule has 8 heteroatoms. The Hall–Kier alpha value is -4.17. The summed E-state index contributed by atoms with van der Waals surface area (Å²) in [5, 5.41) is 8.42. The highest BCUT2D eigenvalue weighted by atomic mass is 16.5. The van der Waals surface area contributed by atoms with Gasteiger partial charge in [-0.1, -0.05) is 29.4 Å². The number of pyridine rings is 1. The van der Waals surface area contributed by atoms with Crippen LogP contribution in [0.25, 0.3) is 27.7 Å². The highest BCUT2D eigenvalue weighted by Gasteiger charge is 2.22. The molecule has 0 aliphatic carbocycles. The SMILES string of the molecule is Cc1cc2ncc(C(=O)N3CCOCC3)n2cc1-c1ccc2c(Nc3ccccc3)noc2c1. The number of fused-ring (bicyclic) bond motifs is 2. The molecule has 2 aromatic carbocycles. The third-order valence-electron chi connectivity index (χ3n) is 6.19. The van der Waals surface area contributed by atoms with Crippen molar-refractivity contribution in [2.75, 3.05) is 31.6 Å². The number of benzene rings is 2. The molecular weight excluding hydrogens is 430 g/mol. The van der Waals surface area contributed by atoms with Crippen LogP contribution in [-0.2, 0) is 4.74 Å². The van der Waals surface area contributed by atoms with E-state index >= 15 is 0 Å². The van der Waals surface area contributed by atoms with Crippen molar-refractivity contribution >= 4 is 34.0 Å². The molecule has 1 aliphatic heterocycles. The van der Waals surface area contributed by atoms with Gasteiger partial charge in [0.25, 0.3) is 5.91 Å². The monoisotopic (exact) mass is 453 g/mol. The first-order chi connectivity index (χ1) is 16.7. The van der Waals surface area contributed by atoms with Gasteiger partial charge in [-0.2, -0.15) is 0 Å². The highest BCUT2D eigenvalue weighted by molar-refractivity contribution is 5.95. The first-order valence-corrected chi connectivity index (χ1v) is 11.2. The van der Waals surface area contributed by atoms with Gasteiger partial charge in [0.1, 0.15) is 11.3 Å². The van der Waals surface area contributed by atoms with Crippen LogP contribution in [0.15, 0.2) is 71.5 Å². The molecule has 0 atom stereocenters. The zero-order valence-electron chi connectivity index (χ0n) is 18.7. The van der Waals surface area contributed by atoms with E-state index in [2.05, 4.69) is 15.5 Å². The van der Waals surface area contributed by atoms with Crippen molar-refractivity contribution < 1.29 is 14.1 Å². The van der Waals surface area contributed by atoms with Gasteiger partial charge in [-0.05, 0) is 48.4 Å². The predicted molar refractivity (Wildman–Crippen MR) is 129 cm³/mol. The summed E-state index contributed by atoms with van der Waals surface area (Å²) in [7, 11) is 0. The van der Waals surface area contributed by atoms with Crippen molar-refractivity contribution in [3.8, 4) is 11.1 Å². The first-order valence-electron chi connectivity index (χ1n) is 11.2. The maximum absolute atomic E-state index is 13.1. The lowest BCUT2D eigenvalue weighted by Gasteiger charge is -2.26. The summed E-state index contributed by atoms with van der Waals surface area (Å²) in [5.41, 5.74) is 5.96. The first kappa shape index (κ1) is 20.4. The van der Waals surface area contributed by atoms with E-state index < -0.39 is 0 Å². The van der Waals surface area contributed by atoms with Gasteiger partial charge in [0, 0.05) is 30.5 Å². The number of hydrogen-bond acceptors (Lipinski definition) is 6. The number of amides is 1. The smallest absolute Gasteiger partial charge is 0.272 e. The molecule has 0 radical (unpaired) electrons. The molecule has 0 unspecified atom stereocenters. The van der Waals surface area contributed by atoms with Gasteiger partial charge in [0.05, 0.1) is 24.8 Å². The molecular formula is C26H23N5O3. The fourth-order valence-electron chi connectivity index (χ4n) is 4.36. The molecule has 8 nitrogen and oxygen atoms in total. The summed E-state index contributed by atoms with van der Waals surface area (Å²) in [6, 6.07) is 17.9. The Balaban J connectivity index is 1.36. The summed E-state index contributed by atoms with van der Waals surface area (Å²) >= 11 is 0. The number of carbonyl (C=O) groups excluding carboxylic acids is 1. The zero-order chi connectivity index (χ0) is 23.1. The second-order valence-electron chi connectivity index (χ2n) is 8.38. The Morgan fingerprint density at radius 2 is 1.88 bits per heavy atom. The number of nitrogens with zero attached hydrogens (tertiary/aromatic N) is 4. The molecule has 4 heterocycles. The van der Waals surface area contributed by atoms with Gasteiger partial charge < -0.3 is 19.5 Å². The quantitative estimate of drug-likeness (QED) is 0.426. The number of morpholine rings is 1. The summed E-state index contributed by atoms with van der Waals surface area (Å²) in [4.78, 5) is 19.4. The fourth-order valence-corrected chi connectivity index (χ4v) is 4.36. The van der Waals surface area contributed by atoms with Gasteiger partial charge in [-0.3, -0.25) is 9.20 Å². The van der Waals surface area contributed by atoms with E-state index in [4.69, 9.17) is 9.26 Å². The van der Waals surface area contributed by atoms with Crippen molar-refractivity contribution in [2.24, 2.45) is 0 Å². The van der Waals surface area contributed by atoms with Crippen molar-refractivity contribution in [2.45, 2.75) is 6.92 Å². The molecule has 3 aromatic heterocycles. The summed E-state index contributed by atoms with van der Waals surface area (Å²) in [5.74, 6) is 0.640. The number of aryl methyl sites for hydroxylation is 1. The Morgan fingerprint density at radius 3 is 2.71 bits per heavy atom. The van der Waals surface area contributed by atoms with Gasteiger partial charge in [0.15, 0.2) is 11.4 Å². The minimum atomic E-state index is -0.0343. The lowest BCUT2D eigenvalue weighted by Crippen LogP contribution is -2.41. The van der Waals surface area contributed by atoms with E-state index in [9.17, 15) is 4.79 Å². The van der Waals surface area contributed by atoms with Crippen molar-refractivity contribution in [1.29, 1.82) is 0 Å². The van der Waals surface area contributed by atoms with Crippen molar-refractivity contribution in [1.82, 2.24) is 19.4 Å². The van der Waals surface area contributed by atoms with Crippen molar-refractivity contribution in [3.63, 3.8) is 0 Å². The van der Waals surface area contributed by atoms with E-state index in [0.29, 0.717) is 43.4 Å². The van der Waals surface area contributed by atoms with E-state index in [1.807, 2.05) is 77.0 Å². The normalized spacial score (nSPS) is 14.1. The number of hydrogen-bond donors (Lipinski definition) is 1. The topological polar surface area (TPSA) is 84.9 Å². The lowest BCUT2D eigenvalue weighted by atomic mass is 10.0. The number of para-hydroxylation sites is 1. The van der Waals surface area contributed by atoms with Gasteiger partial charge in [0.2, 0.25) is 0 Å². The van der Waals surface area contributed by atoms with Gasteiger partial charge in [-0.15, -0.1) is 0 Å². The third-order valence-corrected chi connectivity index (χ3v) is 6.19. The molecule has 6 rings (SSSR count). The second-order valence-corrected chi connectivity index (χ2v) is 8.38. The zero-order valence-corrected chi connectivity index (χ0v) is 18.7. The molecule has 5 aromatic rings. The maximum Gasteiger partial charge on any atom is 0.272 e. The molecule has 1 N–H and O–H groups in total. The molecule has 1 aliphatic rings. The van der Waals surface area contributed by atoms with Crippen LogP contribution in [-0.4, -0.2) is 51.7 Å². The van der Waals surface area contributed by atoms with Crippen molar-refractivity contribution in [3.05, 3.63) is 78.2 Å². The highest BCUT2D eigenvalue weighted by Crippen LogP contribution is 2.32. The van der Waals surface area contributed by atoms with Crippen LogP contribution in [0.2, 0.25) is 0 Å². The summed E-state index contributed by atoms with van der Waals surface area (Å²) in [6.45, 7) is 4.34. The van der Waals surface area contributed by atoms with Gasteiger partial charge in [-0.25, -0.2) is 4.98 Å². The Labute approximate surface area is 195 Å². The molecule has 1 saturated heterocycles. The van der Waals surface area contributed by atoms with E-state index in [1.165, 1.54) is 0 Å². The van der Waals surface area contributed by atoms with E-state index in [1.54, 1.807) is 6.20 Å². The Bertz CT molecular complexity index is 1500. The Kier molecular flexibility index (Phi) is 5.00. The Morgan fingerprint density at radius 1 is 1.06 bits per heavy atom. The lowest BCUT2D eigenvalue weighted by molar-refractivity contribution is 0.0298. The van der Waals surface area contributed by atoms with E-state index in [-0.39, 0.29) is 5.91 Å². The minimum Gasteiger partial charge on any atom is -0.378 e. The minimum absolute atomic E-state index is 0.0343. The number of rotatable bonds is 4. The molecule has 170 valence electrons. The number of nitrogens with one attached hydrogen (secondary N) is 1. The molecule has 1 amide bonds. The number of imidazole rings is 1. The molecule has 0 bridgehead atoms.